The quantitative estimate of drug-likeness (QED) is 0.578. The molecular weight excluding hydrogens is 406 g/mol. The molecular formula is C25H27N3O4. The van der Waals surface area contributed by atoms with E-state index in [4.69, 9.17) is 9.47 Å². The van der Waals surface area contributed by atoms with Crippen LogP contribution in [0.3, 0.4) is 0 Å². The number of rotatable bonds is 6. The zero-order valence-corrected chi connectivity index (χ0v) is 19.0. The summed E-state index contributed by atoms with van der Waals surface area (Å²) in [5, 5.41) is 7.60. The number of methoxy groups -OCH3 is 1. The lowest BCUT2D eigenvalue weighted by Gasteiger charge is -2.23. The third kappa shape index (κ3) is 3.75. The first-order valence-corrected chi connectivity index (χ1v) is 10.7. The van der Waals surface area contributed by atoms with Crippen LogP contribution in [0.4, 0.5) is 5.82 Å². The fourth-order valence-corrected chi connectivity index (χ4v) is 4.11. The van der Waals surface area contributed by atoms with Crippen LogP contribution < -0.4 is 14.8 Å². The fraction of sp³-hybridized carbons (Fsp3) is 0.320. The standard InChI is InChI=1S/C25H27N3O4/c1-6-32-20-10-8-17(12-21(20)31-5)24(30)19-13-22(29)26-25-23(19)16(4)27-28(25)18-9-7-14(2)15(3)11-18/h7-12,19H,6,13H2,1-5H3,(H,26,29)/t19-/m0/s1. The van der Waals surface area contributed by atoms with Crippen LogP contribution in [0.15, 0.2) is 36.4 Å². The minimum atomic E-state index is -0.623. The van der Waals surface area contributed by atoms with Crippen LogP contribution in [0.1, 0.15) is 52.0 Å². The Bertz CT molecular complexity index is 1210. The number of ketones is 1. The summed E-state index contributed by atoms with van der Waals surface area (Å²) >= 11 is 0. The molecule has 7 nitrogen and oxygen atoms in total. The number of Topliss-reactive ketones (excluding diaryl/α,β-unsaturated/α-hetero) is 1. The summed E-state index contributed by atoms with van der Waals surface area (Å²) in [6.45, 7) is 8.33. The van der Waals surface area contributed by atoms with Gasteiger partial charge in [0, 0.05) is 17.5 Å². The van der Waals surface area contributed by atoms with E-state index >= 15 is 0 Å². The molecule has 4 rings (SSSR count). The zero-order valence-electron chi connectivity index (χ0n) is 19.0. The molecule has 1 aromatic heterocycles. The van der Waals surface area contributed by atoms with E-state index in [1.54, 1.807) is 22.9 Å². The molecule has 1 aliphatic heterocycles. The lowest BCUT2D eigenvalue weighted by atomic mass is 9.85. The molecule has 2 aromatic carbocycles. The number of nitrogens with one attached hydrogen (secondary N) is 1. The molecule has 0 saturated carbocycles. The second-order valence-electron chi connectivity index (χ2n) is 8.00. The number of hydrogen-bond donors (Lipinski definition) is 1. The largest absolute Gasteiger partial charge is 0.493 e. The maximum Gasteiger partial charge on any atom is 0.226 e. The highest BCUT2D eigenvalue weighted by molar-refractivity contribution is 6.08. The number of carbonyl (C=O) groups is 2. The van der Waals surface area contributed by atoms with Crippen LogP contribution in [0.5, 0.6) is 11.5 Å². The summed E-state index contributed by atoms with van der Waals surface area (Å²) in [6.07, 6.45) is 0.0703. The molecule has 0 spiro atoms. The molecule has 0 aliphatic carbocycles. The second kappa shape index (κ2) is 8.49. The summed E-state index contributed by atoms with van der Waals surface area (Å²) in [5.74, 6) is 0.636. The van der Waals surface area contributed by atoms with Crippen molar-refractivity contribution in [1.29, 1.82) is 0 Å². The molecule has 3 aromatic rings. The summed E-state index contributed by atoms with van der Waals surface area (Å²) in [7, 11) is 1.54. The molecule has 0 radical (unpaired) electrons. The first kappa shape index (κ1) is 21.6. The van der Waals surface area contributed by atoms with Gasteiger partial charge in [-0.05, 0) is 69.2 Å². The van der Waals surface area contributed by atoms with Crippen LogP contribution >= 0.6 is 0 Å². The Labute approximate surface area is 187 Å². The highest BCUT2D eigenvalue weighted by atomic mass is 16.5. The number of hydrogen-bond acceptors (Lipinski definition) is 5. The van der Waals surface area contributed by atoms with E-state index in [0.717, 1.165) is 22.5 Å². The Morgan fingerprint density at radius 1 is 1.12 bits per heavy atom. The second-order valence-corrected chi connectivity index (χ2v) is 8.00. The van der Waals surface area contributed by atoms with Crippen LogP contribution in [0.25, 0.3) is 5.69 Å². The summed E-state index contributed by atoms with van der Waals surface area (Å²) in [4.78, 5) is 26.1. The minimum absolute atomic E-state index is 0.0703. The van der Waals surface area contributed by atoms with Crippen molar-refractivity contribution < 1.29 is 19.1 Å². The van der Waals surface area contributed by atoms with Gasteiger partial charge in [-0.1, -0.05) is 6.07 Å². The number of benzene rings is 2. The van der Waals surface area contributed by atoms with E-state index in [2.05, 4.69) is 10.4 Å². The number of ether oxygens (including phenoxy) is 2. The molecule has 0 saturated heterocycles. The predicted octanol–water partition coefficient (Wildman–Crippen LogP) is 4.51. The van der Waals surface area contributed by atoms with Crippen LogP contribution in [-0.4, -0.2) is 35.2 Å². The monoisotopic (exact) mass is 433 g/mol. The number of amides is 1. The topological polar surface area (TPSA) is 82.5 Å². The number of fused-ring (bicyclic) bond motifs is 1. The molecule has 2 heterocycles. The van der Waals surface area contributed by atoms with Crippen molar-refractivity contribution in [2.75, 3.05) is 19.0 Å². The predicted molar refractivity (Wildman–Crippen MR) is 122 cm³/mol. The Morgan fingerprint density at radius 3 is 2.59 bits per heavy atom. The number of carbonyl (C=O) groups excluding carboxylic acids is 2. The third-order valence-electron chi connectivity index (χ3n) is 5.90. The summed E-state index contributed by atoms with van der Waals surface area (Å²) in [6, 6.07) is 11.1. The van der Waals surface area contributed by atoms with E-state index in [1.807, 2.05) is 45.9 Å². The van der Waals surface area contributed by atoms with Crippen LogP contribution in [0, 0.1) is 20.8 Å². The van der Waals surface area contributed by atoms with Gasteiger partial charge >= 0.3 is 0 Å². The van der Waals surface area contributed by atoms with Gasteiger partial charge < -0.3 is 14.8 Å². The highest BCUT2D eigenvalue weighted by Crippen LogP contribution is 2.39. The van der Waals surface area contributed by atoms with Crippen molar-refractivity contribution in [2.45, 2.75) is 40.0 Å². The van der Waals surface area contributed by atoms with E-state index in [0.29, 0.717) is 29.5 Å². The zero-order chi connectivity index (χ0) is 23.0. The van der Waals surface area contributed by atoms with Gasteiger partial charge in [0.1, 0.15) is 5.82 Å². The fourth-order valence-electron chi connectivity index (χ4n) is 4.11. The van der Waals surface area contributed by atoms with Gasteiger partial charge in [0.15, 0.2) is 17.3 Å². The van der Waals surface area contributed by atoms with Crippen molar-refractivity contribution in [3.05, 3.63) is 64.3 Å². The van der Waals surface area contributed by atoms with Gasteiger partial charge in [-0.3, -0.25) is 9.59 Å². The van der Waals surface area contributed by atoms with Gasteiger partial charge in [-0.15, -0.1) is 0 Å². The molecule has 1 amide bonds. The Hall–Kier alpha value is -3.61. The van der Waals surface area contributed by atoms with Crippen molar-refractivity contribution in [1.82, 2.24) is 9.78 Å². The van der Waals surface area contributed by atoms with Crippen LogP contribution in [0.2, 0.25) is 0 Å². The normalized spacial score (nSPS) is 15.2. The van der Waals surface area contributed by atoms with Gasteiger partial charge in [0.05, 0.1) is 31.0 Å². The Morgan fingerprint density at radius 2 is 1.91 bits per heavy atom. The lowest BCUT2D eigenvalue weighted by molar-refractivity contribution is -0.116. The average Bonchev–Trinajstić information content (AvgIpc) is 3.11. The van der Waals surface area contributed by atoms with Crippen molar-refractivity contribution >= 4 is 17.5 Å². The Balaban J connectivity index is 1.77. The van der Waals surface area contributed by atoms with Crippen LogP contribution in [-0.2, 0) is 4.79 Å². The molecule has 7 heteroatoms. The molecule has 1 atom stereocenters. The first-order chi connectivity index (χ1) is 15.3. The highest BCUT2D eigenvalue weighted by Gasteiger charge is 2.36. The van der Waals surface area contributed by atoms with Crippen molar-refractivity contribution in [3.8, 4) is 17.2 Å². The summed E-state index contributed by atoms with van der Waals surface area (Å²) < 4.78 is 12.7. The molecule has 1 aliphatic rings. The first-order valence-electron chi connectivity index (χ1n) is 10.7. The number of anilines is 1. The van der Waals surface area contributed by atoms with E-state index in [-0.39, 0.29) is 18.1 Å². The van der Waals surface area contributed by atoms with Gasteiger partial charge in [0.25, 0.3) is 0 Å². The van der Waals surface area contributed by atoms with Gasteiger partial charge in [-0.25, -0.2) is 4.68 Å². The minimum Gasteiger partial charge on any atom is -0.493 e. The average molecular weight is 434 g/mol. The molecule has 32 heavy (non-hydrogen) atoms. The molecule has 0 unspecified atom stereocenters. The van der Waals surface area contributed by atoms with Crippen molar-refractivity contribution in [3.63, 3.8) is 0 Å². The molecule has 0 fully saturated rings. The van der Waals surface area contributed by atoms with Gasteiger partial charge in [-0.2, -0.15) is 5.10 Å². The van der Waals surface area contributed by atoms with E-state index in [9.17, 15) is 9.59 Å². The smallest absolute Gasteiger partial charge is 0.226 e. The lowest BCUT2D eigenvalue weighted by Crippen LogP contribution is -2.28. The Kier molecular flexibility index (Phi) is 5.74. The maximum absolute atomic E-state index is 13.5. The van der Waals surface area contributed by atoms with Gasteiger partial charge in [0.2, 0.25) is 5.91 Å². The van der Waals surface area contributed by atoms with Crippen molar-refractivity contribution in [2.24, 2.45) is 0 Å². The number of aryl methyl sites for hydroxylation is 3. The third-order valence-corrected chi connectivity index (χ3v) is 5.90. The molecule has 0 bridgehead atoms. The SMILES string of the molecule is CCOc1ccc(C(=O)[C@H]2CC(=O)Nc3c2c(C)nn3-c2ccc(C)c(C)c2)cc1OC. The number of nitrogens with zero attached hydrogens (tertiary/aromatic N) is 2. The summed E-state index contributed by atoms with van der Waals surface area (Å²) in [5.41, 5.74) is 5.08. The van der Waals surface area contributed by atoms with E-state index < -0.39 is 5.92 Å². The van der Waals surface area contributed by atoms with E-state index in [1.165, 1.54) is 12.7 Å². The number of aromatic nitrogens is 2. The molecule has 166 valence electrons. The molecule has 1 N–H and O–H groups in total. The maximum atomic E-state index is 13.5.